The summed E-state index contributed by atoms with van der Waals surface area (Å²) in [6.07, 6.45) is 1.76. The van der Waals surface area contributed by atoms with Crippen molar-refractivity contribution in [2.45, 2.75) is 39.0 Å². The lowest BCUT2D eigenvalue weighted by atomic mass is 10.0. The van der Waals surface area contributed by atoms with Crippen LogP contribution in [0, 0.1) is 0 Å². The van der Waals surface area contributed by atoms with Gasteiger partial charge in [-0.2, -0.15) is 4.31 Å². The summed E-state index contributed by atoms with van der Waals surface area (Å²) < 4.78 is 35.7. The van der Waals surface area contributed by atoms with Crippen molar-refractivity contribution in [3.05, 3.63) is 65.7 Å². The van der Waals surface area contributed by atoms with E-state index in [0.717, 1.165) is 16.1 Å². The molecule has 9 nitrogen and oxygen atoms in total. The predicted molar refractivity (Wildman–Crippen MR) is 139 cm³/mol. The van der Waals surface area contributed by atoms with Crippen molar-refractivity contribution >= 4 is 21.8 Å². The molecule has 1 unspecified atom stereocenters. The Balaban J connectivity index is 2.37. The second-order valence-electron chi connectivity index (χ2n) is 8.77. The van der Waals surface area contributed by atoms with Crippen molar-refractivity contribution in [1.29, 1.82) is 0 Å². The van der Waals surface area contributed by atoms with Crippen molar-refractivity contribution in [1.82, 2.24) is 14.5 Å². The standard InChI is InChI=1S/C26H37N3O6S/c1-20(2)35-17-9-16-27-26(31)25(22-10-7-6-8-11-22)29(24(30)19-28(3)36(5,32)33)18-21-12-14-23(34-4)15-13-21/h6-8,10-15,20,25H,9,16-19H2,1-5H3,(H,27,31). The van der Waals surface area contributed by atoms with E-state index in [9.17, 15) is 18.0 Å². The second-order valence-corrected chi connectivity index (χ2v) is 10.9. The van der Waals surface area contributed by atoms with Crippen LogP contribution in [0.15, 0.2) is 54.6 Å². The average molecular weight is 520 g/mol. The third-order valence-electron chi connectivity index (χ3n) is 5.50. The molecule has 2 aromatic carbocycles. The zero-order valence-electron chi connectivity index (χ0n) is 21.6. The number of sulfonamides is 1. The quantitative estimate of drug-likeness (QED) is 0.385. The highest BCUT2D eigenvalue weighted by Crippen LogP contribution is 2.25. The van der Waals surface area contributed by atoms with Crippen LogP contribution in [-0.4, -0.2) is 75.7 Å². The summed E-state index contributed by atoms with van der Waals surface area (Å²) in [7, 11) is -0.695. The molecular formula is C26H37N3O6S. The molecule has 0 aromatic heterocycles. The molecule has 2 aromatic rings. The maximum atomic E-state index is 13.5. The van der Waals surface area contributed by atoms with E-state index < -0.39 is 28.5 Å². The number of methoxy groups -OCH3 is 1. The molecule has 0 bridgehead atoms. The molecule has 36 heavy (non-hydrogen) atoms. The molecule has 2 rings (SSSR count). The molecule has 198 valence electrons. The van der Waals surface area contributed by atoms with Crippen LogP contribution in [0.1, 0.15) is 37.4 Å². The number of nitrogens with one attached hydrogen (secondary N) is 1. The highest BCUT2D eigenvalue weighted by molar-refractivity contribution is 7.88. The van der Waals surface area contributed by atoms with E-state index in [2.05, 4.69) is 5.32 Å². The molecule has 0 spiro atoms. The van der Waals surface area contributed by atoms with Crippen LogP contribution in [0.3, 0.4) is 0 Å². The molecule has 0 aliphatic carbocycles. The van der Waals surface area contributed by atoms with Gasteiger partial charge in [0.05, 0.1) is 26.0 Å². The van der Waals surface area contributed by atoms with Crippen molar-refractivity contribution in [2.24, 2.45) is 0 Å². The van der Waals surface area contributed by atoms with Gasteiger partial charge in [0.15, 0.2) is 0 Å². The van der Waals surface area contributed by atoms with Crippen molar-refractivity contribution in [3.63, 3.8) is 0 Å². The van der Waals surface area contributed by atoms with E-state index in [1.807, 2.05) is 32.0 Å². The van der Waals surface area contributed by atoms with Crippen LogP contribution in [0.4, 0.5) is 0 Å². The van der Waals surface area contributed by atoms with Crippen molar-refractivity contribution in [3.8, 4) is 5.75 Å². The Morgan fingerprint density at radius 2 is 1.67 bits per heavy atom. The van der Waals surface area contributed by atoms with Gasteiger partial charge in [0.2, 0.25) is 21.8 Å². The minimum Gasteiger partial charge on any atom is -0.497 e. The highest BCUT2D eigenvalue weighted by Gasteiger charge is 2.32. The number of ether oxygens (including phenoxy) is 2. The summed E-state index contributed by atoms with van der Waals surface area (Å²) in [5.41, 5.74) is 1.39. The summed E-state index contributed by atoms with van der Waals surface area (Å²) in [5.74, 6) is -0.185. The summed E-state index contributed by atoms with van der Waals surface area (Å²) in [4.78, 5) is 28.4. The predicted octanol–water partition coefficient (Wildman–Crippen LogP) is 2.59. The van der Waals surface area contributed by atoms with Crippen LogP contribution in [0.2, 0.25) is 0 Å². The molecule has 0 saturated heterocycles. The van der Waals surface area contributed by atoms with Gasteiger partial charge in [-0.3, -0.25) is 9.59 Å². The van der Waals surface area contributed by atoms with Gasteiger partial charge in [-0.25, -0.2) is 8.42 Å². The third kappa shape index (κ3) is 9.25. The molecule has 0 radical (unpaired) electrons. The first-order valence-corrected chi connectivity index (χ1v) is 13.7. The molecule has 1 N–H and O–H groups in total. The fraction of sp³-hybridized carbons (Fsp3) is 0.462. The van der Waals surface area contributed by atoms with Crippen LogP contribution in [-0.2, 0) is 30.9 Å². The number of likely N-dealkylation sites (N-methyl/N-ethyl adjacent to an activating group) is 1. The molecule has 0 aliphatic rings. The lowest BCUT2D eigenvalue weighted by Gasteiger charge is -2.32. The molecule has 0 saturated carbocycles. The number of carbonyl (C=O) groups is 2. The Kier molecular flexibility index (Phi) is 11.4. The van der Waals surface area contributed by atoms with Gasteiger partial charge >= 0.3 is 0 Å². The molecular weight excluding hydrogens is 482 g/mol. The Bertz CT molecular complexity index is 1070. The Morgan fingerprint density at radius 3 is 2.22 bits per heavy atom. The zero-order chi connectivity index (χ0) is 26.7. The van der Waals surface area contributed by atoms with Crippen LogP contribution >= 0.6 is 0 Å². The summed E-state index contributed by atoms with van der Waals surface area (Å²) in [5, 5.41) is 2.91. The van der Waals surface area contributed by atoms with E-state index in [4.69, 9.17) is 9.47 Å². The SMILES string of the molecule is COc1ccc(CN(C(=O)CN(C)S(C)(=O)=O)C(C(=O)NCCCOC(C)C)c2ccccc2)cc1. The van der Waals surface area contributed by atoms with E-state index >= 15 is 0 Å². The van der Waals surface area contributed by atoms with Gasteiger partial charge < -0.3 is 19.7 Å². The van der Waals surface area contributed by atoms with Gasteiger partial charge in [-0.05, 0) is 43.5 Å². The first-order chi connectivity index (χ1) is 17.0. The summed E-state index contributed by atoms with van der Waals surface area (Å²) in [6, 6.07) is 15.2. The number of hydrogen-bond donors (Lipinski definition) is 1. The smallest absolute Gasteiger partial charge is 0.247 e. The summed E-state index contributed by atoms with van der Waals surface area (Å²) >= 11 is 0. The Hall–Kier alpha value is -2.95. The minimum atomic E-state index is -3.60. The van der Waals surface area contributed by atoms with Gasteiger partial charge in [0, 0.05) is 26.7 Å². The fourth-order valence-corrected chi connectivity index (χ4v) is 3.80. The van der Waals surface area contributed by atoms with Crippen LogP contribution in [0.5, 0.6) is 5.75 Å². The van der Waals surface area contributed by atoms with Gasteiger partial charge in [0.25, 0.3) is 0 Å². The molecule has 1 atom stereocenters. The number of rotatable bonds is 14. The van der Waals surface area contributed by atoms with Gasteiger partial charge in [-0.15, -0.1) is 0 Å². The first kappa shape index (κ1) is 29.3. The molecule has 0 fully saturated rings. The maximum Gasteiger partial charge on any atom is 0.247 e. The van der Waals surface area contributed by atoms with Crippen LogP contribution < -0.4 is 10.1 Å². The fourth-order valence-electron chi connectivity index (χ4n) is 3.46. The molecule has 10 heteroatoms. The third-order valence-corrected chi connectivity index (χ3v) is 6.76. The molecule has 0 aliphatic heterocycles. The van der Waals surface area contributed by atoms with Gasteiger partial charge in [-0.1, -0.05) is 42.5 Å². The normalized spacial score (nSPS) is 12.4. The second kappa shape index (κ2) is 14.0. The van der Waals surface area contributed by atoms with Crippen molar-refractivity contribution < 1.29 is 27.5 Å². The van der Waals surface area contributed by atoms with Crippen molar-refractivity contribution in [2.75, 3.05) is 40.1 Å². The number of carbonyl (C=O) groups excluding carboxylic acids is 2. The number of nitrogens with zero attached hydrogens (tertiary/aromatic N) is 2. The number of benzene rings is 2. The summed E-state index contributed by atoms with van der Waals surface area (Å²) in [6.45, 7) is 4.47. The average Bonchev–Trinajstić information content (AvgIpc) is 2.83. The maximum absolute atomic E-state index is 13.5. The topological polar surface area (TPSA) is 105 Å². The lowest BCUT2D eigenvalue weighted by Crippen LogP contribution is -2.47. The van der Waals surface area contributed by atoms with E-state index in [0.29, 0.717) is 30.9 Å². The lowest BCUT2D eigenvalue weighted by molar-refractivity contribution is -0.141. The Labute approximate surface area is 214 Å². The van der Waals surface area contributed by atoms with E-state index in [-0.39, 0.29) is 18.6 Å². The van der Waals surface area contributed by atoms with E-state index in [1.165, 1.54) is 11.9 Å². The largest absolute Gasteiger partial charge is 0.497 e. The molecule has 0 heterocycles. The van der Waals surface area contributed by atoms with Crippen LogP contribution in [0.25, 0.3) is 0 Å². The number of hydrogen-bond acceptors (Lipinski definition) is 6. The first-order valence-electron chi connectivity index (χ1n) is 11.8. The Morgan fingerprint density at radius 1 is 1.03 bits per heavy atom. The van der Waals surface area contributed by atoms with E-state index in [1.54, 1.807) is 43.5 Å². The monoisotopic (exact) mass is 519 g/mol. The minimum absolute atomic E-state index is 0.0993. The van der Waals surface area contributed by atoms with Gasteiger partial charge in [0.1, 0.15) is 11.8 Å². The highest BCUT2D eigenvalue weighted by atomic mass is 32.2. The number of amides is 2. The molecule has 2 amide bonds. The zero-order valence-corrected chi connectivity index (χ0v) is 22.5.